The van der Waals surface area contributed by atoms with Crippen molar-refractivity contribution in [2.75, 3.05) is 18.0 Å². The summed E-state index contributed by atoms with van der Waals surface area (Å²) in [5, 5.41) is 1.88. The van der Waals surface area contributed by atoms with Crippen LogP contribution in [0.4, 0.5) is 10.2 Å². The normalized spacial score (nSPS) is 16.6. The van der Waals surface area contributed by atoms with Crippen molar-refractivity contribution in [2.45, 2.75) is 22.8 Å². The van der Waals surface area contributed by atoms with Crippen molar-refractivity contribution < 1.29 is 8.60 Å². The number of halogens is 1. The Kier molecular flexibility index (Phi) is 4.07. The van der Waals surface area contributed by atoms with E-state index in [4.69, 9.17) is 0 Å². The van der Waals surface area contributed by atoms with Crippen molar-refractivity contribution in [3.8, 4) is 0 Å². The summed E-state index contributed by atoms with van der Waals surface area (Å²) in [7, 11) is -1.17. The van der Waals surface area contributed by atoms with Gasteiger partial charge in [0.25, 0.3) is 0 Å². The van der Waals surface area contributed by atoms with E-state index < -0.39 is 16.6 Å². The number of nitrogens with zero attached hydrogens (tertiary/aromatic N) is 3. The number of aromatic nitrogens is 2. The average molecular weight is 311 g/mol. The first-order chi connectivity index (χ1) is 9.74. The largest absolute Gasteiger partial charge is 0.354 e. The van der Waals surface area contributed by atoms with Gasteiger partial charge in [-0.1, -0.05) is 6.07 Å². The summed E-state index contributed by atoms with van der Waals surface area (Å²) in [5.41, 5.74) is 0. The molecular weight excluding hydrogens is 297 g/mol. The second-order valence-electron chi connectivity index (χ2n) is 4.57. The summed E-state index contributed by atoms with van der Waals surface area (Å²) in [6, 6.07) is 3.69. The van der Waals surface area contributed by atoms with Gasteiger partial charge >= 0.3 is 0 Å². The molecule has 1 aliphatic heterocycles. The zero-order valence-electron chi connectivity index (χ0n) is 10.8. The van der Waals surface area contributed by atoms with Gasteiger partial charge < -0.3 is 4.90 Å². The first kappa shape index (κ1) is 13.6. The van der Waals surface area contributed by atoms with Crippen LogP contribution in [0.3, 0.4) is 0 Å². The van der Waals surface area contributed by atoms with Gasteiger partial charge in [0.05, 0.1) is 27.0 Å². The fraction of sp³-hybridized carbons (Fsp3) is 0.385. The van der Waals surface area contributed by atoms with Crippen molar-refractivity contribution in [3.63, 3.8) is 0 Å². The Morgan fingerprint density at radius 3 is 2.90 bits per heavy atom. The van der Waals surface area contributed by atoms with Crippen LogP contribution in [0.2, 0.25) is 0 Å². The van der Waals surface area contributed by atoms with Crippen LogP contribution >= 0.6 is 11.3 Å². The fourth-order valence-electron chi connectivity index (χ4n) is 2.20. The molecular formula is C13H14FN3OS2. The minimum atomic E-state index is -1.17. The summed E-state index contributed by atoms with van der Waals surface area (Å²) in [6.07, 6.45) is 3.29. The van der Waals surface area contributed by atoms with E-state index in [-0.39, 0.29) is 5.75 Å². The number of anilines is 1. The molecule has 20 heavy (non-hydrogen) atoms. The second kappa shape index (κ2) is 5.97. The zero-order valence-corrected chi connectivity index (χ0v) is 12.4. The molecule has 0 aromatic carbocycles. The SMILES string of the molecule is O=S(Cc1ncc(F)c(N2CCCC2)n1)c1cccs1. The number of hydrogen-bond donors (Lipinski definition) is 0. The highest BCUT2D eigenvalue weighted by molar-refractivity contribution is 7.86. The molecule has 7 heteroatoms. The molecule has 0 amide bonds. The Balaban J connectivity index is 1.80. The van der Waals surface area contributed by atoms with Crippen LogP contribution in [0.1, 0.15) is 18.7 Å². The number of rotatable bonds is 4. The van der Waals surface area contributed by atoms with Gasteiger partial charge in [0.1, 0.15) is 5.82 Å². The quantitative estimate of drug-likeness (QED) is 0.871. The number of hydrogen-bond acceptors (Lipinski definition) is 5. The third-order valence-electron chi connectivity index (χ3n) is 3.16. The van der Waals surface area contributed by atoms with E-state index >= 15 is 0 Å². The van der Waals surface area contributed by atoms with E-state index in [9.17, 15) is 8.60 Å². The third-order valence-corrected chi connectivity index (χ3v) is 5.77. The molecule has 1 aliphatic rings. The minimum Gasteiger partial charge on any atom is -0.354 e. The lowest BCUT2D eigenvalue weighted by Crippen LogP contribution is -2.21. The van der Waals surface area contributed by atoms with Crippen LogP contribution in [0.25, 0.3) is 0 Å². The van der Waals surface area contributed by atoms with Gasteiger partial charge in [-0.25, -0.2) is 14.4 Å². The van der Waals surface area contributed by atoms with Gasteiger partial charge in [-0.15, -0.1) is 11.3 Å². The van der Waals surface area contributed by atoms with Crippen LogP contribution in [0, 0.1) is 5.82 Å². The molecule has 0 aliphatic carbocycles. The van der Waals surface area contributed by atoms with Crippen LogP contribution in [0.5, 0.6) is 0 Å². The topological polar surface area (TPSA) is 46.1 Å². The maximum atomic E-state index is 13.8. The lowest BCUT2D eigenvalue weighted by molar-refractivity contribution is 0.604. The van der Waals surface area contributed by atoms with E-state index in [0.29, 0.717) is 11.6 Å². The maximum absolute atomic E-state index is 13.8. The van der Waals surface area contributed by atoms with Crippen LogP contribution in [-0.4, -0.2) is 27.3 Å². The maximum Gasteiger partial charge on any atom is 0.183 e. The molecule has 2 aromatic rings. The van der Waals surface area contributed by atoms with Crippen LogP contribution < -0.4 is 4.90 Å². The van der Waals surface area contributed by atoms with E-state index in [1.54, 1.807) is 0 Å². The van der Waals surface area contributed by atoms with E-state index in [1.165, 1.54) is 17.5 Å². The molecule has 0 bridgehead atoms. The average Bonchev–Trinajstić information content (AvgIpc) is 3.14. The van der Waals surface area contributed by atoms with Crippen molar-refractivity contribution >= 4 is 28.0 Å². The van der Waals surface area contributed by atoms with E-state index in [0.717, 1.165) is 30.1 Å². The van der Waals surface area contributed by atoms with Crippen molar-refractivity contribution in [3.05, 3.63) is 35.4 Å². The summed E-state index contributed by atoms with van der Waals surface area (Å²) in [4.78, 5) is 10.1. The van der Waals surface area contributed by atoms with Gasteiger partial charge in [-0.3, -0.25) is 4.21 Å². The molecule has 0 radical (unpaired) electrons. The van der Waals surface area contributed by atoms with Crippen LogP contribution in [-0.2, 0) is 16.6 Å². The first-order valence-electron chi connectivity index (χ1n) is 6.42. The monoisotopic (exact) mass is 311 g/mol. The molecule has 3 rings (SSSR count). The fourth-order valence-corrected chi connectivity index (χ4v) is 4.16. The predicted molar refractivity (Wildman–Crippen MR) is 77.9 cm³/mol. The summed E-state index contributed by atoms with van der Waals surface area (Å²) in [5.74, 6) is 0.593. The molecule has 1 fully saturated rings. The van der Waals surface area contributed by atoms with E-state index in [2.05, 4.69) is 9.97 Å². The zero-order chi connectivity index (χ0) is 13.9. The van der Waals surface area contributed by atoms with E-state index in [1.807, 2.05) is 22.4 Å². The second-order valence-corrected chi connectivity index (χ2v) is 7.20. The Morgan fingerprint density at radius 1 is 1.40 bits per heavy atom. The van der Waals surface area contributed by atoms with Gasteiger partial charge in [-0.2, -0.15) is 0 Å². The van der Waals surface area contributed by atoms with Gasteiger partial charge in [-0.05, 0) is 24.3 Å². The third kappa shape index (κ3) is 2.88. The first-order valence-corrected chi connectivity index (χ1v) is 8.62. The highest BCUT2D eigenvalue weighted by Crippen LogP contribution is 2.22. The Morgan fingerprint density at radius 2 is 2.20 bits per heavy atom. The summed E-state index contributed by atoms with van der Waals surface area (Å²) < 4.78 is 26.7. The molecule has 1 unspecified atom stereocenters. The summed E-state index contributed by atoms with van der Waals surface area (Å²) >= 11 is 1.44. The smallest absolute Gasteiger partial charge is 0.183 e. The Bertz CT molecular complexity index is 612. The van der Waals surface area contributed by atoms with Crippen molar-refractivity contribution in [1.29, 1.82) is 0 Å². The molecule has 1 saturated heterocycles. The lowest BCUT2D eigenvalue weighted by Gasteiger charge is -2.17. The standard InChI is InChI=1S/C13H14FN3OS2/c14-10-8-15-11(9-20(18)12-4-3-7-19-12)16-13(10)17-5-1-2-6-17/h3-4,7-8H,1-2,5-6,9H2. The Hall–Kier alpha value is -1.34. The molecule has 0 spiro atoms. The highest BCUT2D eigenvalue weighted by Gasteiger charge is 2.19. The molecule has 1 atom stereocenters. The highest BCUT2D eigenvalue weighted by atomic mass is 32.2. The van der Waals surface area contributed by atoms with Crippen LogP contribution in [0.15, 0.2) is 27.9 Å². The molecule has 3 heterocycles. The molecule has 106 valence electrons. The minimum absolute atomic E-state index is 0.224. The Labute approximate surface area is 123 Å². The van der Waals surface area contributed by atoms with Crippen molar-refractivity contribution in [2.24, 2.45) is 0 Å². The van der Waals surface area contributed by atoms with Gasteiger partial charge in [0, 0.05) is 13.1 Å². The van der Waals surface area contributed by atoms with Gasteiger partial charge in [0.2, 0.25) is 0 Å². The number of thiophene rings is 1. The predicted octanol–water partition coefficient (Wildman–Crippen LogP) is 2.59. The summed E-state index contributed by atoms with van der Waals surface area (Å²) in [6.45, 7) is 1.64. The molecule has 0 saturated carbocycles. The van der Waals surface area contributed by atoms with Crippen molar-refractivity contribution in [1.82, 2.24) is 9.97 Å². The molecule has 0 N–H and O–H groups in total. The molecule has 2 aromatic heterocycles. The van der Waals surface area contributed by atoms with Gasteiger partial charge in [0.15, 0.2) is 11.6 Å². The lowest BCUT2D eigenvalue weighted by atomic mass is 10.4. The molecule has 4 nitrogen and oxygen atoms in total.